The third kappa shape index (κ3) is 2.24. The Kier molecular flexibility index (Phi) is 2.47. The molecule has 0 aliphatic heterocycles. The minimum Gasteiger partial charge on any atom is -0.356 e. The summed E-state index contributed by atoms with van der Waals surface area (Å²) < 4.78 is 22.0. The minimum atomic E-state index is -1.67. The van der Waals surface area contributed by atoms with E-state index < -0.39 is 18.4 Å². The topological polar surface area (TPSA) is 40.5 Å². The van der Waals surface area contributed by atoms with Crippen LogP contribution in [0.4, 0.5) is 8.78 Å². The van der Waals surface area contributed by atoms with E-state index in [-0.39, 0.29) is 0 Å². The lowest BCUT2D eigenvalue weighted by atomic mass is 10.6. The molecule has 7 heavy (non-hydrogen) atoms. The minimum absolute atomic E-state index is 0.546. The van der Waals surface area contributed by atoms with Crippen LogP contribution in [0.15, 0.2) is 12.2 Å². The maximum Gasteiger partial charge on any atom is 0.282 e. The van der Waals surface area contributed by atoms with Gasteiger partial charge in [0.05, 0.1) is 0 Å². The first kappa shape index (κ1) is 6.52. The Bertz CT molecular complexity index is 79.0. The third-order valence-corrected chi connectivity index (χ3v) is 0.309. The normalized spacial score (nSPS) is 13.0. The predicted octanol–water partition coefficient (Wildman–Crippen LogP) is 1.00. The van der Waals surface area contributed by atoms with Crippen molar-refractivity contribution in [2.45, 2.75) is 0 Å². The average Bonchev–Trinajstić information content (AvgIpc) is 1.65. The first-order valence-corrected chi connectivity index (χ1v) is 1.39. The second-order valence-electron chi connectivity index (χ2n) is 0.781. The summed E-state index contributed by atoms with van der Waals surface area (Å²) >= 11 is 0. The van der Waals surface area contributed by atoms with Crippen LogP contribution in [0.25, 0.3) is 0 Å². The van der Waals surface area contributed by atoms with Gasteiger partial charge in [0.1, 0.15) is 6.33 Å². The van der Waals surface area contributed by atoms with Crippen LogP contribution in [0, 0.1) is 6.29 Å². The lowest BCUT2D eigenvalue weighted by Crippen LogP contribution is -1.91. The number of hydrogen-bond donors (Lipinski definition) is 2. The van der Waals surface area contributed by atoms with Crippen molar-refractivity contribution in [2.24, 2.45) is 0 Å². The summed E-state index contributed by atoms with van der Waals surface area (Å²) in [6.45, 7) is 0. The molecule has 0 heterocycles. The second kappa shape index (κ2) is 2.65. The Morgan fingerprint density at radius 3 is 1.86 bits per heavy atom. The molecular formula is C3H3F2O2. The van der Waals surface area contributed by atoms with Gasteiger partial charge >= 0.3 is 0 Å². The Morgan fingerprint density at radius 2 is 1.86 bits per heavy atom. The van der Waals surface area contributed by atoms with E-state index in [9.17, 15) is 8.78 Å². The first-order chi connectivity index (χ1) is 3.18. The van der Waals surface area contributed by atoms with Crippen molar-refractivity contribution in [2.75, 3.05) is 0 Å². The number of aliphatic hydroxyl groups is 2. The van der Waals surface area contributed by atoms with Gasteiger partial charge in [0.25, 0.3) is 6.29 Å². The number of rotatable bonds is 1. The van der Waals surface area contributed by atoms with Crippen LogP contribution in [0.2, 0.25) is 0 Å². The summed E-state index contributed by atoms with van der Waals surface area (Å²) in [5, 5.41) is 15.2. The molecule has 0 amide bonds. The van der Waals surface area contributed by atoms with Crippen LogP contribution >= 0.6 is 0 Å². The summed E-state index contributed by atoms with van der Waals surface area (Å²) in [7, 11) is 0. The van der Waals surface area contributed by atoms with Gasteiger partial charge in [0, 0.05) is 0 Å². The second-order valence-corrected chi connectivity index (χ2v) is 0.781. The maximum atomic E-state index is 11.2. The highest BCUT2D eigenvalue weighted by molar-refractivity contribution is 4.98. The van der Waals surface area contributed by atoms with Gasteiger partial charge in [-0.05, 0) is 0 Å². The van der Waals surface area contributed by atoms with E-state index in [1.165, 1.54) is 0 Å². The highest BCUT2D eigenvalue weighted by Gasteiger charge is 2.05. The Labute approximate surface area is 38.7 Å². The summed E-state index contributed by atoms with van der Waals surface area (Å²) in [5.41, 5.74) is 0. The Hall–Kier alpha value is -0.480. The van der Waals surface area contributed by atoms with E-state index in [0.717, 1.165) is 0 Å². The van der Waals surface area contributed by atoms with Gasteiger partial charge in [-0.15, -0.1) is 0 Å². The van der Waals surface area contributed by atoms with Crippen molar-refractivity contribution in [3.8, 4) is 0 Å². The zero-order chi connectivity index (χ0) is 5.86. The SMILES string of the molecule is O[C](O)C(F)=CF. The molecule has 41 valence electrons. The molecule has 0 aromatic heterocycles. The molecule has 0 saturated heterocycles. The fourth-order valence-corrected chi connectivity index (χ4v) is 0.0488. The molecule has 4 heteroatoms. The number of aliphatic hydroxyl groups excluding tert-OH is 1. The fraction of sp³-hybridized carbons (Fsp3) is 0. The zero-order valence-electron chi connectivity index (χ0n) is 3.23. The van der Waals surface area contributed by atoms with Gasteiger partial charge in [-0.3, -0.25) is 0 Å². The van der Waals surface area contributed by atoms with Gasteiger partial charge in [0.15, 0.2) is 5.83 Å². The molecule has 0 aromatic rings. The monoisotopic (exact) mass is 109 g/mol. The number of hydrogen-bond acceptors (Lipinski definition) is 2. The molecule has 0 spiro atoms. The van der Waals surface area contributed by atoms with Crippen LogP contribution in [0.1, 0.15) is 0 Å². The smallest absolute Gasteiger partial charge is 0.282 e. The van der Waals surface area contributed by atoms with Crippen molar-refractivity contribution >= 4 is 0 Å². The molecule has 0 aliphatic rings. The van der Waals surface area contributed by atoms with Gasteiger partial charge in [-0.2, -0.15) is 0 Å². The molecule has 0 atom stereocenters. The van der Waals surface area contributed by atoms with E-state index in [4.69, 9.17) is 10.2 Å². The van der Waals surface area contributed by atoms with Gasteiger partial charge in [-0.1, -0.05) is 0 Å². The molecule has 1 radical (unpaired) electrons. The molecule has 0 unspecified atom stereocenters. The molecule has 2 N–H and O–H groups in total. The van der Waals surface area contributed by atoms with E-state index in [0.29, 0.717) is 0 Å². The van der Waals surface area contributed by atoms with Crippen LogP contribution in [0.3, 0.4) is 0 Å². The lowest BCUT2D eigenvalue weighted by Gasteiger charge is -1.89. The van der Waals surface area contributed by atoms with Crippen molar-refractivity contribution < 1.29 is 19.0 Å². The highest BCUT2D eigenvalue weighted by atomic mass is 19.2. The fourth-order valence-electron chi connectivity index (χ4n) is 0.0488. The van der Waals surface area contributed by atoms with E-state index >= 15 is 0 Å². The third-order valence-electron chi connectivity index (χ3n) is 0.309. The summed E-state index contributed by atoms with van der Waals surface area (Å²) in [6.07, 6.45) is -2.18. The molecule has 0 aromatic carbocycles. The van der Waals surface area contributed by atoms with Gasteiger partial charge in [-0.25, -0.2) is 8.78 Å². The molecular weight excluding hydrogens is 106 g/mol. The predicted molar refractivity (Wildman–Crippen MR) is 17.4 cm³/mol. The van der Waals surface area contributed by atoms with E-state index in [1.807, 2.05) is 0 Å². The molecule has 0 rings (SSSR count). The molecule has 0 aliphatic carbocycles. The van der Waals surface area contributed by atoms with Crippen molar-refractivity contribution in [3.63, 3.8) is 0 Å². The standard InChI is InChI=1S/C3H3F2O2/c4-1-2(5)3(6)7/h1,6-7H. The zero-order valence-corrected chi connectivity index (χ0v) is 3.23. The van der Waals surface area contributed by atoms with Crippen molar-refractivity contribution in [3.05, 3.63) is 18.4 Å². The lowest BCUT2D eigenvalue weighted by molar-refractivity contribution is 0.0871. The van der Waals surface area contributed by atoms with E-state index in [2.05, 4.69) is 0 Å². The Balaban J connectivity index is 3.56. The van der Waals surface area contributed by atoms with Crippen LogP contribution < -0.4 is 0 Å². The van der Waals surface area contributed by atoms with Crippen molar-refractivity contribution in [1.82, 2.24) is 0 Å². The molecule has 0 saturated carbocycles. The molecule has 0 bridgehead atoms. The first-order valence-electron chi connectivity index (χ1n) is 1.39. The average molecular weight is 109 g/mol. The largest absolute Gasteiger partial charge is 0.356 e. The summed E-state index contributed by atoms with van der Waals surface area (Å²) in [4.78, 5) is 0. The highest BCUT2D eigenvalue weighted by Crippen LogP contribution is 2.06. The summed E-state index contributed by atoms with van der Waals surface area (Å²) in [6, 6.07) is 0. The van der Waals surface area contributed by atoms with Crippen LogP contribution in [0.5, 0.6) is 0 Å². The Morgan fingerprint density at radius 1 is 1.43 bits per heavy atom. The van der Waals surface area contributed by atoms with Gasteiger partial charge < -0.3 is 10.2 Å². The van der Waals surface area contributed by atoms with Crippen LogP contribution in [-0.4, -0.2) is 10.2 Å². The van der Waals surface area contributed by atoms with Gasteiger partial charge in [0.2, 0.25) is 0 Å². The number of halogens is 2. The maximum absolute atomic E-state index is 11.2. The quantitative estimate of drug-likeness (QED) is 0.527. The van der Waals surface area contributed by atoms with E-state index in [1.54, 1.807) is 0 Å². The van der Waals surface area contributed by atoms with Crippen molar-refractivity contribution in [1.29, 1.82) is 0 Å². The summed E-state index contributed by atoms with van der Waals surface area (Å²) in [5.74, 6) is -1.67. The molecule has 2 nitrogen and oxygen atoms in total. The molecule has 0 fully saturated rings. The van der Waals surface area contributed by atoms with Crippen LogP contribution in [-0.2, 0) is 0 Å².